The number of carbonyl (C=O) groups is 3. The van der Waals surface area contributed by atoms with E-state index in [2.05, 4.69) is 25.9 Å². The van der Waals surface area contributed by atoms with Crippen LogP contribution in [0.2, 0.25) is 0 Å². The van der Waals surface area contributed by atoms with Crippen LogP contribution in [0.15, 0.2) is 17.6 Å². The van der Waals surface area contributed by atoms with Crippen LogP contribution in [0.5, 0.6) is 0 Å². The van der Waals surface area contributed by atoms with Crippen molar-refractivity contribution in [3.63, 3.8) is 0 Å². The number of thiazole rings is 1. The van der Waals surface area contributed by atoms with Crippen LogP contribution in [0, 0.1) is 0 Å². The molecule has 3 rings (SSSR count). The van der Waals surface area contributed by atoms with Gasteiger partial charge in [0.15, 0.2) is 5.13 Å². The Labute approximate surface area is 166 Å². The predicted octanol–water partition coefficient (Wildman–Crippen LogP) is 2.20. The van der Waals surface area contributed by atoms with Gasteiger partial charge in [-0.2, -0.15) is 0 Å². The molecule has 4 amide bonds. The molecule has 6 N–H and O–H groups in total. The minimum Gasteiger partial charge on any atom is -0.364 e. The van der Waals surface area contributed by atoms with Crippen molar-refractivity contribution < 1.29 is 14.4 Å². The quantitative estimate of drug-likeness (QED) is 0.482. The number of hydrogen-bond acceptors (Lipinski definition) is 5. The van der Waals surface area contributed by atoms with Crippen molar-refractivity contribution in [1.29, 1.82) is 0 Å². The molecule has 0 unspecified atom stereocenters. The molecule has 1 saturated carbocycles. The van der Waals surface area contributed by atoms with Crippen LogP contribution in [-0.4, -0.2) is 40.4 Å². The highest BCUT2D eigenvalue weighted by molar-refractivity contribution is 7.14. The number of carbonyl (C=O) groups excluding carboxylic acids is 3. The van der Waals surface area contributed by atoms with Crippen LogP contribution in [0.25, 0.3) is 11.3 Å². The number of primary amides is 1. The maximum Gasteiger partial charge on any atom is 0.315 e. The molecular weight excluding hydrogens is 380 g/mol. The van der Waals surface area contributed by atoms with E-state index < -0.39 is 5.91 Å². The average molecular weight is 404 g/mol. The van der Waals surface area contributed by atoms with Gasteiger partial charge in [0.25, 0.3) is 5.91 Å². The molecule has 0 bridgehead atoms. The molecule has 0 aromatic carbocycles. The smallest absolute Gasteiger partial charge is 0.315 e. The maximum absolute atomic E-state index is 12.0. The van der Waals surface area contributed by atoms with Crippen molar-refractivity contribution in [3.05, 3.63) is 23.3 Å². The topological polar surface area (TPSA) is 142 Å². The van der Waals surface area contributed by atoms with Crippen LogP contribution < -0.4 is 21.7 Å². The van der Waals surface area contributed by atoms with Gasteiger partial charge in [-0.05, 0) is 18.9 Å². The van der Waals surface area contributed by atoms with Gasteiger partial charge in [-0.1, -0.05) is 19.3 Å². The fourth-order valence-corrected chi connectivity index (χ4v) is 3.84. The number of anilines is 1. The van der Waals surface area contributed by atoms with Gasteiger partial charge in [0, 0.05) is 36.1 Å². The number of rotatable bonds is 7. The van der Waals surface area contributed by atoms with Gasteiger partial charge in [0.1, 0.15) is 5.69 Å². The van der Waals surface area contributed by atoms with E-state index in [1.54, 1.807) is 17.6 Å². The van der Waals surface area contributed by atoms with E-state index in [0.717, 1.165) is 25.7 Å². The van der Waals surface area contributed by atoms with Crippen molar-refractivity contribution in [2.75, 3.05) is 11.9 Å². The van der Waals surface area contributed by atoms with E-state index in [1.165, 1.54) is 17.8 Å². The second kappa shape index (κ2) is 9.36. The molecule has 1 aliphatic rings. The molecule has 2 heterocycles. The minimum absolute atomic E-state index is 0.156. The summed E-state index contributed by atoms with van der Waals surface area (Å²) in [6, 6.07) is 1.62. The Balaban J connectivity index is 1.40. The second-order valence-corrected chi connectivity index (χ2v) is 7.60. The van der Waals surface area contributed by atoms with Crippen LogP contribution in [0.1, 0.15) is 49.0 Å². The van der Waals surface area contributed by atoms with Gasteiger partial charge in [-0.25, -0.2) is 9.78 Å². The minimum atomic E-state index is -0.546. The summed E-state index contributed by atoms with van der Waals surface area (Å²) in [6.07, 6.45) is 7.35. The first-order valence-corrected chi connectivity index (χ1v) is 10.2. The highest BCUT2D eigenvalue weighted by Crippen LogP contribution is 2.25. The van der Waals surface area contributed by atoms with Gasteiger partial charge in [-0.15, -0.1) is 11.3 Å². The van der Waals surface area contributed by atoms with E-state index in [1.807, 2.05) is 0 Å². The number of amides is 4. The summed E-state index contributed by atoms with van der Waals surface area (Å²) < 4.78 is 0. The van der Waals surface area contributed by atoms with Crippen LogP contribution in [0.3, 0.4) is 0 Å². The first-order chi connectivity index (χ1) is 13.5. The van der Waals surface area contributed by atoms with Gasteiger partial charge in [0.05, 0.1) is 5.69 Å². The Bertz CT molecular complexity index is 840. The molecule has 150 valence electrons. The maximum atomic E-state index is 12.0. The summed E-state index contributed by atoms with van der Waals surface area (Å²) >= 11 is 1.28. The van der Waals surface area contributed by atoms with Crippen molar-refractivity contribution >= 4 is 34.3 Å². The molecule has 9 nitrogen and oxygen atoms in total. The third-order valence-electron chi connectivity index (χ3n) is 4.57. The van der Waals surface area contributed by atoms with E-state index >= 15 is 0 Å². The number of nitrogens with two attached hydrogens (primary N) is 1. The first-order valence-electron chi connectivity index (χ1n) is 9.29. The largest absolute Gasteiger partial charge is 0.364 e. The molecule has 0 saturated heterocycles. The summed E-state index contributed by atoms with van der Waals surface area (Å²) in [7, 11) is 0. The van der Waals surface area contributed by atoms with Gasteiger partial charge < -0.3 is 26.7 Å². The zero-order valence-electron chi connectivity index (χ0n) is 15.4. The molecule has 28 heavy (non-hydrogen) atoms. The lowest BCUT2D eigenvalue weighted by Gasteiger charge is -2.22. The fraction of sp³-hybridized carbons (Fsp3) is 0.444. The Hall–Kier alpha value is -2.88. The summed E-state index contributed by atoms with van der Waals surface area (Å²) in [5.41, 5.74) is 6.86. The van der Waals surface area contributed by atoms with Crippen LogP contribution in [-0.2, 0) is 4.79 Å². The van der Waals surface area contributed by atoms with Crippen molar-refractivity contribution in [1.82, 2.24) is 20.6 Å². The van der Waals surface area contributed by atoms with E-state index in [0.29, 0.717) is 22.1 Å². The lowest BCUT2D eigenvalue weighted by molar-refractivity contribution is -0.116. The third-order valence-corrected chi connectivity index (χ3v) is 5.33. The lowest BCUT2D eigenvalue weighted by atomic mass is 9.96. The molecule has 0 radical (unpaired) electrons. The Morgan fingerprint density at radius 2 is 2.04 bits per heavy atom. The standard InChI is InChI=1S/C18H24N6O3S/c19-16(26)13-8-11(9-21-13)14-10-28-18(23-14)24-15(25)6-7-20-17(27)22-12-4-2-1-3-5-12/h8-10,12,21H,1-7H2,(H2,19,26)(H2,20,22,27)(H,23,24,25). The SMILES string of the molecule is NC(=O)c1cc(-c2csc(NC(=O)CCNC(=O)NC3CCCCC3)n2)c[nH]1. The highest BCUT2D eigenvalue weighted by atomic mass is 32.1. The van der Waals surface area contributed by atoms with E-state index in [9.17, 15) is 14.4 Å². The van der Waals surface area contributed by atoms with Gasteiger partial charge >= 0.3 is 6.03 Å². The Morgan fingerprint density at radius 3 is 2.75 bits per heavy atom. The number of aromatic nitrogens is 2. The molecule has 0 aliphatic heterocycles. The molecular formula is C18H24N6O3S. The Kier molecular flexibility index (Phi) is 6.64. The molecule has 1 aliphatic carbocycles. The number of urea groups is 1. The normalized spacial score (nSPS) is 14.4. The molecule has 0 atom stereocenters. The van der Waals surface area contributed by atoms with E-state index in [4.69, 9.17) is 5.73 Å². The number of nitrogens with one attached hydrogen (secondary N) is 4. The third kappa shape index (κ3) is 5.56. The molecule has 2 aromatic rings. The lowest BCUT2D eigenvalue weighted by Crippen LogP contribution is -2.43. The summed E-state index contributed by atoms with van der Waals surface area (Å²) in [5, 5.41) is 10.6. The number of H-pyrrole nitrogens is 1. The number of hydrogen-bond donors (Lipinski definition) is 5. The van der Waals surface area contributed by atoms with Crippen molar-refractivity contribution in [2.24, 2.45) is 5.73 Å². The summed E-state index contributed by atoms with van der Waals surface area (Å²) in [5.74, 6) is -0.777. The fourth-order valence-electron chi connectivity index (χ4n) is 3.10. The van der Waals surface area contributed by atoms with E-state index in [-0.39, 0.29) is 30.9 Å². The first kappa shape index (κ1) is 19.9. The second-order valence-electron chi connectivity index (χ2n) is 6.74. The van der Waals surface area contributed by atoms with Crippen molar-refractivity contribution in [3.8, 4) is 11.3 Å². The number of nitrogens with zero attached hydrogens (tertiary/aromatic N) is 1. The molecule has 0 spiro atoms. The summed E-state index contributed by atoms with van der Waals surface area (Å²) in [6.45, 7) is 0.252. The molecule has 2 aromatic heterocycles. The van der Waals surface area contributed by atoms with Gasteiger partial charge in [0.2, 0.25) is 5.91 Å². The number of aromatic amines is 1. The van der Waals surface area contributed by atoms with Crippen molar-refractivity contribution in [2.45, 2.75) is 44.6 Å². The highest BCUT2D eigenvalue weighted by Gasteiger charge is 2.16. The monoisotopic (exact) mass is 404 g/mol. The zero-order valence-corrected chi connectivity index (χ0v) is 16.2. The Morgan fingerprint density at radius 1 is 1.25 bits per heavy atom. The summed E-state index contributed by atoms with van der Waals surface area (Å²) in [4.78, 5) is 42.1. The zero-order chi connectivity index (χ0) is 19.9. The van der Waals surface area contributed by atoms with Gasteiger partial charge in [-0.3, -0.25) is 9.59 Å². The van der Waals surface area contributed by atoms with Crippen LogP contribution in [0.4, 0.5) is 9.93 Å². The molecule has 1 fully saturated rings. The van der Waals surface area contributed by atoms with Crippen LogP contribution >= 0.6 is 11.3 Å². The predicted molar refractivity (Wildman–Crippen MR) is 107 cm³/mol. The molecule has 10 heteroatoms. The average Bonchev–Trinajstić information content (AvgIpc) is 3.32.